The second kappa shape index (κ2) is 4.95. The molecule has 0 spiro atoms. The third-order valence-electron chi connectivity index (χ3n) is 3.45. The van der Waals surface area contributed by atoms with Crippen LogP contribution in [0.1, 0.15) is 0 Å². The van der Waals surface area contributed by atoms with E-state index >= 15 is 0 Å². The van der Waals surface area contributed by atoms with Gasteiger partial charge in [0.15, 0.2) is 6.61 Å². The molecule has 2 fully saturated rings. The van der Waals surface area contributed by atoms with Crippen molar-refractivity contribution in [1.82, 2.24) is 19.6 Å². The molecular formula is C12H14N4O4. The molecule has 1 aromatic rings. The molecule has 0 aromatic carbocycles. The van der Waals surface area contributed by atoms with Gasteiger partial charge in [0.2, 0.25) is 5.91 Å². The minimum atomic E-state index is -0.587. The first-order valence-electron chi connectivity index (χ1n) is 6.36. The van der Waals surface area contributed by atoms with Crippen LogP contribution < -0.4 is 0 Å². The van der Waals surface area contributed by atoms with Crippen molar-refractivity contribution in [2.24, 2.45) is 5.92 Å². The van der Waals surface area contributed by atoms with Gasteiger partial charge in [0.25, 0.3) is 5.91 Å². The molecule has 2 aliphatic rings. The normalized spacial score (nSPS) is 19.2. The summed E-state index contributed by atoms with van der Waals surface area (Å²) in [6.45, 7) is 1.47. The Labute approximate surface area is 114 Å². The lowest BCUT2D eigenvalue weighted by Gasteiger charge is -2.40. The maximum atomic E-state index is 11.9. The van der Waals surface area contributed by atoms with E-state index in [1.807, 2.05) is 0 Å². The van der Waals surface area contributed by atoms with E-state index in [4.69, 9.17) is 0 Å². The molecule has 0 radical (unpaired) electrons. The van der Waals surface area contributed by atoms with Crippen LogP contribution in [0.4, 0.5) is 4.79 Å². The predicted molar refractivity (Wildman–Crippen MR) is 65.4 cm³/mol. The Bertz CT molecular complexity index is 520. The number of ether oxygens (including phenoxy) is 1. The molecule has 8 heteroatoms. The van der Waals surface area contributed by atoms with Gasteiger partial charge in [0.1, 0.15) is 6.54 Å². The van der Waals surface area contributed by atoms with Crippen LogP contribution in [-0.4, -0.2) is 63.7 Å². The topological polar surface area (TPSA) is 84.7 Å². The lowest BCUT2D eigenvalue weighted by Crippen LogP contribution is -2.55. The molecule has 3 amide bonds. The SMILES string of the molecule is O=C(Cn1cccn1)N1CC(CN2C(=O)COC2=O)C1. The predicted octanol–water partition coefficient (Wildman–Crippen LogP) is -0.680. The molecule has 0 N–H and O–H groups in total. The summed E-state index contributed by atoms with van der Waals surface area (Å²) in [5.74, 6) is -0.192. The van der Waals surface area contributed by atoms with Crippen LogP contribution in [-0.2, 0) is 20.9 Å². The van der Waals surface area contributed by atoms with E-state index in [0.717, 1.165) is 4.90 Å². The van der Waals surface area contributed by atoms with Gasteiger partial charge in [-0.25, -0.2) is 9.69 Å². The smallest absolute Gasteiger partial charge is 0.417 e. The third-order valence-corrected chi connectivity index (χ3v) is 3.45. The third kappa shape index (κ3) is 2.36. The Morgan fingerprint density at radius 1 is 1.40 bits per heavy atom. The first kappa shape index (κ1) is 12.6. The number of likely N-dealkylation sites (tertiary alicyclic amines) is 1. The summed E-state index contributed by atoms with van der Waals surface area (Å²) in [5, 5.41) is 3.97. The molecule has 2 saturated heterocycles. The van der Waals surface area contributed by atoms with E-state index < -0.39 is 6.09 Å². The Morgan fingerprint density at radius 3 is 2.80 bits per heavy atom. The fourth-order valence-electron chi connectivity index (χ4n) is 2.34. The lowest BCUT2D eigenvalue weighted by atomic mass is 9.99. The number of amides is 3. The number of hydrogen-bond donors (Lipinski definition) is 0. The van der Waals surface area contributed by atoms with Crippen molar-refractivity contribution in [3.05, 3.63) is 18.5 Å². The van der Waals surface area contributed by atoms with Gasteiger partial charge in [0.05, 0.1) is 0 Å². The number of hydrogen-bond acceptors (Lipinski definition) is 5. The summed E-state index contributed by atoms with van der Waals surface area (Å²) >= 11 is 0. The van der Waals surface area contributed by atoms with E-state index in [9.17, 15) is 14.4 Å². The van der Waals surface area contributed by atoms with Crippen molar-refractivity contribution in [2.45, 2.75) is 6.54 Å². The molecule has 2 aliphatic heterocycles. The van der Waals surface area contributed by atoms with Crippen molar-refractivity contribution in [2.75, 3.05) is 26.2 Å². The highest BCUT2D eigenvalue weighted by Gasteiger charge is 2.38. The summed E-state index contributed by atoms with van der Waals surface area (Å²) in [6.07, 6.45) is 2.77. The van der Waals surface area contributed by atoms with Crippen molar-refractivity contribution in [3.8, 4) is 0 Å². The van der Waals surface area contributed by atoms with Crippen molar-refractivity contribution in [1.29, 1.82) is 0 Å². The number of cyclic esters (lactones) is 1. The molecule has 0 saturated carbocycles. The van der Waals surface area contributed by atoms with E-state index in [0.29, 0.717) is 19.6 Å². The fourth-order valence-corrected chi connectivity index (χ4v) is 2.34. The van der Waals surface area contributed by atoms with Gasteiger partial charge in [-0.3, -0.25) is 14.3 Å². The highest BCUT2D eigenvalue weighted by Crippen LogP contribution is 2.19. The second-order valence-corrected chi connectivity index (χ2v) is 4.93. The van der Waals surface area contributed by atoms with E-state index in [-0.39, 0.29) is 30.9 Å². The average Bonchev–Trinajstić information content (AvgIpc) is 2.96. The Balaban J connectivity index is 1.45. The van der Waals surface area contributed by atoms with Gasteiger partial charge in [-0.05, 0) is 6.07 Å². The number of carbonyl (C=O) groups is 3. The molecule has 20 heavy (non-hydrogen) atoms. The Morgan fingerprint density at radius 2 is 2.20 bits per heavy atom. The highest BCUT2D eigenvalue weighted by molar-refractivity contribution is 5.97. The first-order valence-corrected chi connectivity index (χ1v) is 6.36. The summed E-state index contributed by atoms with van der Waals surface area (Å²) in [7, 11) is 0. The summed E-state index contributed by atoms with van der Waals surface area (Å²) < 4.78 is 6.20. The number of aromatic nitrogens is 2. The number of imide groups is 1. The standard InChI is InChI=1S/C12H14N4O4/c17-10(7-15-3-1-2-13-15)14-4-9(5-14)6-16-11(18)8-20-12(16)19/h1-3,9H,4-8H2. The van der Waals surface area contributed by atoms with E-state index in [1.165, 1.54) is 0 Å². The van der Waals surface area contributed by atoms with E-state index in [2.05, 4.69) is 9.84 Å². The van der Waals surface area contributed by atoms with Crippen molar-refractivity contribution < 1.29 is 19.1 Å². The largest absolute Gasteiger partial charge is 0.439 e. The zero-order chi connectivity index (χ0) is 14.1. The van der Waals surface area contributed by atoms with Crippen molar-refractivity contribution >= 4 is 17.9 Å². The molecule has 3 rings (SSSR count). The monoisotopic (exact) mass is 278 g/mol. The molecule has 0 atom stereocenters. The second-order valence-electron chi connectivity index (χ2n) is 4.93. The minimum absolute atomic E-state index is 0.0136. The number of rotatable bonds is 4. The Kier molecular flexibility index (Phi) is 3.13. The van der Waals surface area contributed by atoms with Crippen LogP contribution in [0.25, 0.3) is 0 Å². The first-order chi connectivity index (χ1) is 9.63. The zero-order valence-corrected chi connectivity index (χ0v) is 10.8. The molecule has 1 aromatic heterocycles. The fraction of sp³-hybridized carbons (Fsp3) is 0.500. The average molecular weight is 278 g/mol. The Hall–Kier alpha value is -2.38. The van der Waals surface area contributed by atoms with Gasteiger partial charge >= 0.3 is 6.09 Å². The molecule has 3 heterocycles. The van der Waals surface area contributed by atoms with Crippen LogP contribution in [0, 0.1) is 5.92 Å². The van der Waals surface area contributed by atoms with Gasteiger partial charge < -0.3 is 9.64 Å². The van der Waals surface area contributed by atoms with Crippen LogP contribution >= 0.6 is 0 Å². The summed E-state index contributed by atoms with van der Waals surface area (Å²) in [5.41, 5.74) is 0. The molecule has 8 nitrogen and oxygen atoms in total. The van der Waals surface area contributed by atoms with Crippen LogP contribution in [0.3, 0.4) is 0 Å². The maximum absolute atomic E-state index is 11.9. The van der Waals surface area contributed by atoms with Crippen LogP contribution in [0.15, 0.2) is 18.5 Å². The molecule has 106 valence electrons. The van der Waals surface area contributed by atoms with E-state index in [1.54, 1.807) is 28.0 Å². The lowest BCUT2D eigenvalue weighted by molar-refractivity contribution is -0.139. The van der Waals surface area contributed by atoms with Crippen LogP contribution in [0.2, 0.25) is 0 Å². The highest BCUT2D eigenvalue weighted by atomic mass is 16.6. The molecule has 0 bridgehead atoms. The summed E-state index contributed by atoms with van der Waals surface area (Å²) in [6, 6.07) is 1.76. The quantitative estimate of drug-likeness (QED) is 0.728. The van der Waals surface area contributed by atoms with Gasteiger partial charge in [0, 0.05) is 37.9 Å². The molecule has 0 unspecified atom stereocenters. The van der Waals surface area contributed by atoms with Gasteiger partial charge in [-0.15, -0.1) is 0 Å². The minimum Gasteiger partial charge on any atom is -0.439 e. The van der Waals surface area contributed by atoms with Gasteiger partial charge in [-0.2, -0.15) is 5.10 Å². The maximum Gasteiger partial charge on any atom is 0.417 e. The number of nitrogens with zero attached hydrogens (tertiary/aromatic N) is 4. The van der Waals surface area contributed by atoms with Gasteiger partial charge in [-0.1, -0.05) is 0 Å². The van der Waals surface area contributed by atoms with Crippen LogP contribution in [0.5, 0.6) is 0 Å². The molecule has 0 aliphatic carbocycles. The number of carbonyl (C=O) groups excluding carboxylic acids is 3. The zero-order valence-electron chi connectivity index (χ0n) is 10.8. The summed E-state index contributed by atoms with van der Waals surface area (Å²) in [4.78, 5) is 37.4. The molecular weight excluding hydrogens is 264 g/mol. The van der Waals surface area contributed by atoms with Crippen molar-refractivity contribution in [3.63, 3.8) is 0 Å².